The van der Waals surface area contributed by atoms with Crippen LogP contribution < -0.4 is 10.1 Å². The monoisotopic (exact) mass is 205 g/mol. The minimum Gasteiger partial charge on any atom is -0.487 e. The molecule has 1 N–H and O–H groups in total. The molecule has 1 aliphatic heterocycles. The minimum atomic E-state index is -0.00808. The molecular formula is C13H19NO. The third-order valence-corrected chi connectivity index (χ3v) is 2.97. The summed E-state index contributed by atoms with van der Waals surface area (Å²) < 4.78 is 6.00. The molecule has 0 saturated carbocycles. The van der Waals surface area contributed by atoms with Gasteiger partial charge in [-0.25, -0.2) is 0 Å². The van der Waals surface area contributed by atoms with E-state index >= 15 is 0 Å². The first-order chi connectivity index (χ1) is 7.23. The van der Waals surface area contributed by atoms with Crippen molar-refractivity contribution in [1.29, 1.82) is 0 Å². The largest absolute Gasteiger partial charge is 0.487 e. The molecular weight excluding hydrogens is 186 g/mol. The molecule has 1 heterocycles. The predicted molar refractivity (Wildman–Crippen MR) is 62.3 cm³/mol. The minimum absolute atomic E-state index is 0.00808. The summed E-state index contributed by atoms with van der Waals surface area (Å²) >= 11 is 0. The number of para-hydroxylation sites is 1. The third kappa shape index (κ3) is 2.32. The van der Waals surface area contributed by atoms with Crippen LogP contribution in [0, 0.1) is 0 Å². The van der Waals surface area contributed by atoms with Gasteiger partial charge in [0.2, 0.25) is 0 Å². The van der Waals surface area contributed by atoms with Gasteiger partial charge in [-0.15, -0.1) is 0 Å². The highest BCUT2D eigenvalue weighted by atomic mass is 16.5. The highest BCUT2D eigenvalue weighted by Crippen LogP contribution is 2.36. The van der Waals surface area contributed by atoms with E-state index in [-0.39, 0.29) is 5.60 Å². The lowest BCUT2D eigenvalue weighted by Gasteiger charge is -2.23. The summed E-state index contributed by atoms with van der Waals surface area (Å²) in [6.45, 7) is 6.39. The first-order valence-corrected chi connectivity index (χ1v) is 5.71. The van der Waals surface area contributed by atoms with Crippen LogP contribution in [0.25, 0.3) is 0 Å². The molecule has 15 heavy (non-hydrogen) atoms. The Morgan fingerprint density at radius 3 is 2.93 bits per heavy atom. The molecule has 0 aliphatic carbocycles. The predicted octanol–water partition coefficient (Wildman–Crippen LogP) is 2.38. The zero-order valence-electron chi connectivity index (χ0n) is 9.55. The van der Waals surface area contributed by atoms with Crippen molar-refractivity contribution in [1.82, 2.24) is 5.32 Å². The van der Waals surface area contributed by atoms with Gasteiger partial charge in [-0.05, 0) is 38.1 Å². The summed E-state index contributed by atoms with van der Waals surface area (Å²) in [6.07, 6.45) is 2.10. The van der Waals surface area contributed by atoms with Gasteiger partial charge in [-0.2, -0.15) is 0 Å². The summed E-state index contributed by atoms with van der Waals surface area (Å²) in [5.41, 5.74) is 1.34. The van der Waals surface area contributed by atoms with Crippen molar-refractivity contribution in [2.75, 3.05) is 13.1 Å². The van der Waals surface area contributed by atoms with E-state index in [0.717, 1.165) is 31.7 Å². The van der Waals surface area contributed by atoms with Crippen LogP contribution in [0.5, 0.6) is 5.75 Å². The van der Waals surface area contributed by atoms with E-state index in [1.807, 2.05) is 6.07 Å². The molecule has 0 bridgehead atoms. The van der Waals surface area contributed by atoms with E-state index in [2.05, 4.69) is 37.4 Å². The van der Waals surface area contributed by atoms with Crippen LogP contribution in [0.4, 0.5) is 0 Å². The first kappa shape index (κ1) is 10.5. The molecule has 0 radical (unpaired) electrons. The standard InChI is InChI=1S/C13H19NO/c1-3-14-9-8-13(2)10-11-6-4-5-7-12(11)15-13/h4-7,14H,3,8-10H2,1-2H3. The topological polar surface area (TPSA) is 21.3 Å². The number of hydrogen-bond acceptors (Lipinski definition) is 2. The maximum Gasteiger partial charge on any atom is 0.123 e. The van der Waals surface area contributed by atoms with Gasteiger partial charge in [-0.3, -0.25) is 0 Å². The van der Waals surface area contributed by atoms with Crippen molar-refractivity contribution in [3.05, 3.63) is 29.8 Å². The van der Waals surface area contributed by atoms with Crippen molar-refractivity contribution in [3.63, 3.8) is 0 Å². The molecule has 1 unspecified atom stereocenters. The van der Waals surface area contributed by atoms with E-state index in [9.17, 15) is 0 Å². The van der Waals surface area contributed by atoms with Gasteiger partial charge in [0, 0.05) is 6.42 Å². The van der Waals surface area contributed by atoms with Crippen LogP contribution in [0.2, 0.25) is 0 Å². The van der Waals surface area contributed by atoms with E-state index in [1.165, 1.54) is 5.56 Å². The Morgan fingerprint density at radius 2 is 2.20 bits per heavy atom. The number of fused-ring (bicyclic) bond motifs is 1. The Morgan fingerprint density at radius 1 is 1.40 bits per heavy atom. The molecule has 0 saturated heterocycles. The SMILES string of the molecule is CCNCCC1(C)Cc2ccccc2O1. The second-order valence-corrected chi connectivity index (χ2v) is 4.44. The van der Waals surface area contributed by atoms with Gasteiger partial charge < -0.3 is 10.1 Å². The Balaban J connectivity index is 1.98. The van der Waals surface area contributed by atoms with Gasteiger partial charge in [0.1, 0.15) is 11.4 Å². The molecule has 0 amide bonds. The van der Waals surface area contributed by atoms with Crippen LogP contribution in [0.15, 0.2) is 24.3 Å². The van der Waals surface area contributed by atoms with Crippen molar-refractivity contribution in [2.24, 2.45) is 0 Å². The van der Waals surface area contributed by atoms with E-state index in [4.69, 9.17) is 4.74 Å². The Hall–Kier alpha value is -1.02. The smallest absolute Gasteiger partial charge is 0.123 e. The van der Waals surface area contributed by atoms with Crippen molar-refractivity contribution < 1.29 is 4.74 Å². The molecule has 1 atom stereocenters. The number of benzene rings is 1. The fourth-order valence-electron chi connectivity index (χ4n) is 2.12. The molecule has 1 aromatic rings. The van der Waals surface area contributed by atoms with Gasteiger partial charge in [0.25, 0.3) is 0 Å². The van der Waals surface area contributed by atoms with Crippen molar-refractivity contribution in [2.45, 2.75) is 32.3 Å². The zero-order valence-corrected chi connectivity index (χ0v) is 9.55. The van der Waals surface area contributed by atoms with Crippen LogP contribution in [-0.2, 0) is 6.42 Å². The van der Waals surface area contributed by atoms with Gasteiger partial charge in [0.05, 0.1) is 0 Å². The molecule has 82 valence electrons. The summed E-state index contributed by atoms with van der Waals surface area (Å²) in [4.78, 5) is 0. The molecule has 0 spiro atoms. The fourth-order valence-corrected chi connectivity index (χ4v) is 2.12. The maximum absolute atomic E-state index is 6.00. The van der Waals surface area contributed by atoms with Gasteiger partial charge in [0.15, 0.2) is 0 Å². The highest BCUT2D eigenvalue weighted by molar-refractivity contribution is 5.38. The Kier molecular flexibility index (Phi) is 2.96. The summed E-state index contributed by atoms with van der Waals surface area (Å²) in [6, 6.07) is 8.34. The number of nitrogens with one attached hydrogen (secondary N) is 1. The number of rotatable bonds is 4. The lowest BCUT2D eigenvalue weighted by Crippen LogP contribution is -2.34. The highest BCUT2D eigenvalue weighted by Gasteiger charge is 2.33. The summed E-state index contributed by atoms with van der Waals surface area (Å²) in [5.74, 6) is 1.07. The second-order valence-electron chi connectivity index (χ2n) is 4.44. The quantitative estimate of drug-likeness (QED) is 0.762. The molecule has 0 fully saturated rings. The molecule has 0 aromatic heterocycles. The maximum atomic E-state index is 6.00. The first-order valence-electron chi connectivity index (χ1n) is 5.71. The Labute approximate surface area is 91.6 Å². The van der Waals surface area contributed by atoms with Crippen molar-refractivity contribution >= 4 is 0 Å². The summed E-state index contributed by atoms with van der Waals surface area (Å²) in [5, 5.41) is 3.35. The van der Waals surface area contributed by atoms with E-state index in [1.54, 1.807) is 0 Å². The van der Waals surface area contributed by atoms with Crippen LogP contribution in [0.1, 0.15) is 25.8 Å². The second kappa shape index (κ2) is 4.23. The van der Waals surface area contributed by atoms with Crippen LogP contribution in [0.3, 0.4) is 0 Å². The molecule has 2 heteroatoms. The third-order valence-electron chi connectivity index (χ3n) is 2.97. The average molecular weight is 205 g/mol. The molecule has 2 nitrogen and oxygen atoms in total. The number of ether oxygens (including phenoxy) is 1. The fraction of sp³-hybridized carbons (Fsp3) is 0.538. The zero-order chi connectivity index (χ0) is 10.7. The molecule has 1 aromatic carbocycles. The van der Waals surface area contributed by atoms with Crippen molar-refractivity contribution in [3.8, 4) is 5.75 Å². The van der Waals surface area contributed by atoms with E-state index < -0.39 is 0 Å². The van der Waals surface area contributed by atoms with Crippen LogP contribution >= 0.6 is 0 Å². The lowest BCUT2D eigenvalue weighted by atomic mass is 9.96. The van der Waals surface area contributed by atoms with Gasteiger partial charge >= 0.3 is 0 Å². The number of hydrogen-bond donors (Lipinski definition) is 1. The molecule has 2 rings (SSSR count). The molecule has 1 aliphatic rings. The van der Waals surface area contributed by atoms with E-state index in [0.29, 0.717) is 0 Å². The average Bonchev–Trinajstić information content (AvgIpc) is 2.54. The summed E-state index contributed by atoms with van der Waals surface area (Å²) in [7, 11) is 0. The lowest BCUT2D eigenvalue weighted by molar-refractivity contribution is 0.106. The Bertz CT molecular complexity index is 310. The van der Waals surface area contributed by atoms with Gasteiger partial charge in [-0.1, -0.05) is 25.1 Å². The normalized spacial score (nSPS) is 23.6. The van der Waals surface area contributed by atoms with Crippen LogP contribution in [-0.4, -0.2) is 18.7 Å².